The summed E-state index contributed by atoms with van der Waals surface area (Å²) in [5.74, 6) is 0. The van der Waals surface area contributed by atoms with Crippen molar-refractivity contribution in [2.45, 2.75) is 77.5 Å². The molecule has 26 heavy (non-hydrogen) atoms. The van der Waals surface area contributed by atoms with E-state index in [-0.39, 0.29) is 17.2 Å². The molecule has 0 aliphatic heterocycles. The molecule has 0 heterocycles. The first-order valence-corrected chi connectivity index (χ1v) is 12.5. The summed E-state index contributed by atoms with van der Waals surface area (Å²) >= 11 is 0. The van der Waals surface area contributed by atoms with Crippen molar-refractivity contribution in [2.24, 2.45) is 0 Å². The van der Waals surface area contributed by atoms with Gasteiger partial charge < -0.3 is 18.6 Å². The molecule has 0 aliphatic rings. The highest BCUT2D eigenvalue weighted by atomic mass is 28.4. The fraction of sp³-hybridized carbons (Fsp3) is 0.714. The minimum absolute atomic E-state index is 0.0341. The quantitative estimate of drug-likeness (QED) is 0.359. The van der Waals surface area contributed by atoms with Crippen molar-refractivity contribution in [3.8, 4) is 0 Å². The molecular weight excluding hydrogens is 344 g/mol. The number of ether oxygens (including phenoxy) is 3. The Morgan fingerprint density at radius 3 is 2.23 bits per heavy atom. The molecule has 0 spiro atoms. The van der Waals surface area contributed by atoms with Crippen molar-refractivity contribution in [2.75, 3.05) is 20.5 Å². The van der Waals surface area contributed by atoms with Gasteiger partial charge >= 0.3 is 0 Å². The van der Waals surface area contributed by atoms with Crippen molar-refractivity contribution >= 4 is 8.32 Å². The van der Waals surface area contributed by atoms with Gasteiger partial charge in [0.15, 0.2) is 8.32 Å². The zero-order valence-electron chi connectivity index (χ0n) is 17.7. The Labute approximate surface area is 161 Å². The molecule has 0 fully saturated rings. The van der Waals surface area contributed by atoms with Gasteiger partial charge in [-0.15, -0.1) is 0 Å². The Bertz CT molecular complexity index is 485. The van der Waals surface area contributed by atoms with Gasteiger partial charge in [0, 0.05) is 7.11 Å². The number of hydrogen-bond acceptors (Lipinski definition) is 4. The fourth-order valence-corrected chi connectivity index (χ4v) is 3.25. The van der Waals surface area contributed by atoms with Crippen LogP contribution in [0.5, 0.6) is 0 Å². The minimum atomic E-state index is -1.77. The molecular formula is C21H38O4Si. The number of methoxy groups -OCH3 is 1. The molecule has 4 nitrogen and oxygen atoms in total. The molecule has 0 bridgehead atoms. The lowest BCUT2D eigenvalue weighted by atomic mass is 10.1. The molecule has 0 saturated heterocycles. The predicted octanol–water partition coefficient (Wildman–Crippen LogP) is 5.38. The molecule has 1 aromatic rings. The summed E-state index contributed by atoms with van der Waals surface area (Å²) in [6.07, 6.45) is 2.04. The molecule has 0 unspecified atom stereocenters. The van der Waals surface area contributed by atoms with Crippen LogP contribution in [0.4, 0.5) is 0 Å². The van der Waals surface area contributed by atoms with Crippen LogP contribution >= 0.6 is 0 Å². The molecule has 0 aromatic heterocycles. The van der Waals surface area contributed by atoms with Crippen LogP contribution in [0.15, 0.2) is 30.3 Å². The monoisotopic (exact) mass is 382 g/mol. The molecule has 0 aliphatic carbocycles. The van der Waals surface area contributed by atoms with Gasteiger partial charge in [0.05, 0.1) is 25.4 Å². The van der Waals surface area contributed by atoms with E-state index in [0.29, 0.717) is 20.0 Å². The standard InChI is InChI=1S/C21H38O4Si/c1-18(23-15-19-11-9-8-10-12-19)13-14-20(24-17-22-5)16-25-26(6,7)21(2,3)4/h8-12,18,20H,13-17H2,1-7H3/t18-,20+/m0/s1. The van der Waals surface area contributed by atoms with E-state index in [9.17, 15) is 0 Å². The molecule has 0 amide bonds. The zero-order valence-corrected chi connectivity index (χ0v) is 18.7. The highest BCUT2D eigenvalue weighted by Crippen LogP contribution is 2.36. The molecule has 0 radical (unpaired) electrons. The summed E-state index contributed by atoms with van der Waals surface area (Å²) in [6, 6.07) is 10.3. The third-order valence-corrected chi connectivity index (χ3v) is 9.63. The minimum Gasteiger partial charge on any atom is -0.414 e. The maximum absolute atomic E-state index is 6.33. The second-order valence-electron chi connectivity index (χ2n) is 8.45. The van der Waals surface area contributed by atoms with Crippen LogP contribution in [0.25, 0.3) is 0 Å². The Balaban J connectivity index is 2.43. The van der Waals surface area contributed by atoms with Crippen LogP contribution in [0.1, 0.15) is 46.1 Å². The van der Waals surface area contributed by atoms with Gasteiger partial charge in [-0.05, 0) is 43.5 Å². The second-order valence-corrected chi connectivity index (χ2v) is 13.3. The Kier molecular flexibility index (Phi) is 10.0. The topological polar surface area (TPSA) is 36.9 Å². The van der Waals surface area contributed by atoms with Crippen LogP contribution in [-0.4, -0.2) is 41.0 Å². The molecule has 150 valence electrons. The first-order chi connectivity index (χ1) is 12.2. The first kappa shape index (κ1) is 23.3. The predicted molar refractivity (Wildman–Crippen MR) is 110 cm³/mol. The van der Waals surface area contributed by atoms with Crippen molar-refractivity contribution < 1.29 is 18.6 Å². The summed E-state index contributed by atoms with van der Waals surface area (Å²) in [5, 5.41) is 0.199. The summed E-state index contributed by atoms with van der Waals surface area (Å²) in [4.78, 5) is 0. The van der Waals surface area contributed by atoms with Gasteiger partial charge in [-0.1, -0.05) is 51.1 Å². The second kappa shape index (κ2) is 11.2. The van der Waals surface area contributed by atoms with E-state index in [1.807, 2.05) is 18.2 Å². The highest BCUT2D eigenvalue weighted by Gasteiger charge is 2.37. The average Bonchev–Trinajstić information content (AvgIpc) is 2.59. The molecule has 5 heteroatoms. The summed E-state index contributed by atoms with van der Waals surface area (Å²) in [5.41, 5.74) is 1.20. The molecule has 0 N–H and O–H groups in total. The van der Waals surface area contributed by atoms with Crippen molar-refractivity contribution in [1.82, 2.24) is 0 Å². The molecule has 2 atom stereocenters. The Morgan fingerprint density at radius 1 is 1.00 bits per heavy atom. The maximum atomic E-state index is 6.33. The van der Waals surface area contributed by atoms with Crippen LogP contribution < -0.4 is 0 Å². The van der Waals surface area contributed by atoms with Gasteiger partial charge in [0.25, 0.3) is 0 Å². The van der Waals surface area contributed by atoms with Gasteiger partial charge in [-0.3, -0.25) is 0 Å². The lowest BCUT2D eigenvalue weighted by Crippen LogP contribution is -2.43. The molecule has 1 aromatic carbocycles. The summed E-state index contributed by atoms with van der Waals surface area (Å²) < 4.78 is 23.2. The smallest absolute Gasteiger partial charge is 0.192 e. The van der Waals surface area contributed by atoms with E-state index < -0.39 is 8.32 Å². The van der Waals surface area contributed by atoms with Gasteiger partial charge in [0.1, 0.15) is 6.79 Å². The van der Waals surface area contributed by atoms with E-state index in [1.165, 1.54) is 5.56 Å². The average molecular weight is 383 g/mol. The first-order valence-electron chi connectivity index (χ1n) is 9.55. The molecule has 0 saturated carbocycles. The highest BCUT2D eigenvalue weighted by molar-refractivity contribution is 6.74. The SMILES string of the molecule is COCO[C@H](CC[C@H](C)OCc1ccccc1)CO[Si](C)(C)C(C)(C)C. The van der Waals surface area contributed by atoms with E-state index in [1.54, 1.807) is 7.11 Å². The van der Waals surface area contributed by atoms with E-state index >= 15 is 0 Å². The van der Waals surface area contributed by atoms with E-state index in [0.717, 1.165) is 12.8 Å². The Morgan fingerprint density at radius 2 is 1.65 bits per heavy atom. The van der Waals surface area contributed by atoms with Crippen LogP contribution in [0.3, 0.4) is 0 Å². The van der Waals surface area contributed by atoms with Crippen LogP contribution in [0, 0.1) is 0 Å². The zero-order chi connectivity index (χ0) is 19.6. The van der Waals surface area contributed by atoms with E-state index in [2.05, 4.69) is 52.9 Å². The lowest BCUT2D eigenvalue weighted by molar-refractivity contribution is -0.0917. The Hall–Kier alpha value is -0.723. The normalized spacial score (nSPS) is 15.0. The third-order valence-electron chi connectivity index (χ3n) is 5.13. The van der Waals surface area contributed by atoms with Crippen molar-refractivity contribution in [3.05, 3.63) is 35.9 Å². The number of hydrogen-bond donors (Lipinski definition) is 0. The third kappa shape index (κ3) is 8.78. The summed E-state index contributed by atoms with van der Waals surface area (Å²) in [7, 11) is -0.124. The van der Waals surface area contributed by atoms with Gasteiger partial charge in [-0.2, -0.15) is 0 Å². The largest absolute Gasteiger partial charge is 0.414 e. The molecule has 1 rings (SSSR count). The maximum Gasteiger partial charge on any atom is 0.192 e. The van der Waals surface area contributed by atoms with Crippen molar-refractivity contribution in [1.29, 1.82) is 0 Å². The van der Waals surface area contributed by atoms with Crippen LogP contribution in [-0.2, 0) is 25.2 Å². The fourth-order valence-electron chi connectivity index (χ4n) is 2.21. The van der Waals surface area contributed by atoms with E-state index in [4.69, 9.17) is 18.6 Å². The van der Waals surface area contributed by atoms with Crippen molar-refractivity contribution in [3.63, 3.8) is 0 Å². The summed E-state index contributed by atoms with van der Waals surface area (Å²) in [6.45, 7) is 15.0. The van der Waals surface area contributed by atoms with Gasteiger partial charge in [0.2, 0.25) is 0 Å². The lowest BCUT2D eigenvalue weighted by Gasteiger charge is -2.37. The number of rotatable bonds is 12. The van der Waals surface area contributed by atoms with Crippen LogP contribution in [0.2, 0.25) is 18.1 Å². The number of benzene rings is 1. The van der Waals surface area contributed by atoms with Gasteiger partial charge in [-0.25, -0.2) is 0 Å².